The van der Waals surface area contributed by atoms with Crippen LogP contribution in [0.2, 0.25) is 0 Å². The molecule has 132 valence electrons. The zero-order valence-corrected chi connectivity index (χ0v) is 15.4. The molecular weight excluding hydrogens is 327 g/mol. The normalized spacial score (nSPS) is 16.3. The Morgan fingerprint density at radius 1 is 1.18 bits per heavy atom. The minimum atomic E-state index is -0.567. The highest BCUT2D eigenvalue weighted by atomic mass is 35.5. The van der Waals surface area contributed by atoms with Crippen LogP contribution in [-0.2, 0) is 9.59 Å². The standard InChI is InChI=1S/C14H28N4O2.2ClH/c1-9(2)13(15)14(20)17-8-12(19)16-7-10(3)18(4)11-5-6-11;;/h9-11,13H,5-8,15H2,1-4H3,(H,16,19)(H,17,20);2*1H/t10?,13-;;/m0../s1. The van der Waals surface area contributed by atoms with E-state index in [0.29, 0.717) is 18.6 Å². The summed E-state index contributed by atoms with van der Waals surface area (Å²) in [6.45, 7) is 6.42. The Morgan fingerprint density at radius 3 is 2.18 bits per heavy atom. The van der Waals surface area contributed by atoms with Crippen molar-refractivity contribution in [2.75, 3.05) is 20.1 Å². The van der Waals surface area contributed by atoms with E-state index in [2.05, 4.69) is 29.5 Å². The Balaban J connectivity index is 0. The molecule has 1 saturated carbocycles. The van der Waals surface area contributed by atoms with Gasteiger partial charge in [0.25, 0.3) is 0 Å². The van der Waals surface area contributed by atoms with Gasteiger partial charge in [0.2, 0.25) is 11.8 Å². The van der Waals surface area contributed by atoms with Crippen molar-refractivity contribution in [3.05, 3.63) is 0 Å². The van der Waals surface area contributed by atoms with Gasteiger partial charge in [-0.2, -0.15) is 0 Å². The third kappa shape index (κ3) is 8.17. The maximum absolute atomic E-state index is 11.7. The number of hydrogen-bond donors (Lipinski definition) is 3. The molecule has 0 spiro atoms. The fraction of sp³-hybridized carbons (Fsp3) is 0.857. The number of carbonyl (C=O) groups is 2. The summed E-state index contributed by atoms with van der Waals surface area (Å²) in [6.07, 6.45) is 2.50. The van der Waals surface area contributed by atoms with E-state index in [0.717, 1.165) is 0 Å². The average molecular weight is 357 g/mol. The summed E-state index contributed by atoms with van der Waals surface area (Å²) >= 11 is 0. The Morgan fingerprint density at radius 2 is 1.73 bits per heavy atom. The SMILES string of the molecule is CC(C)[C@H](N)C(=O)NCC(=O)NCC(C)N(C)C1CC1.Cl.Cl. The number of rotatable bonds is 8. The molecule has 0 aromatic carbocycles. The van der Waals surface area contributed by atoms with Crippen LogP contribution in [0.4, 0.5) is 0 Å². The molecule has 0 aromatic rings. The van der Waals surface area contributed by atoms with Crippen LogP contribution in [0.1, 0.15) is 33.6 Å². The molecule has 0 aliphatic heterocycles. The van der Waals surface area contributed by atoms with Gasteiger partial charge in [0.15, 0.2) is 0 Å². The van der Waals surface area contributed by atoms with Gasteiger partial charge in [-0.25, -0.2) is 0 Å². The zero-order valence-electron chi connectivity index (χ0n) is 13.8. The zero-order chi connectivity index (χ0) is 15.3. The lowest BCUT2D eigenvalue weighted by Crippen LogP contribution is -2.48. The number of nitrogens with one attached hydrogen (secondary N) is 2. The third-order valence-corrected chi connectivity index (χ3v) is 3.86. The maximum atomic E-state index is 11.7. The molecule has 8 heteroatoms. The number of hydrogen-bond acceptors (Lipinski definition) is 4. The summed E-state index contributed by atoms with van der Waals surface area (Å²) in [7, 11) is 2.08. The molecule has 1 rings (SSSR count). The van der Waals surface area contributed by atoms with Gasteiger partial charge in [0, 0.05) is 18.6 Å². The van der Waals surface area contributed by atoms with E-state index in [1.807, 2.05) is 13.8 Å². The van der Waals surface area contributed by atoms with Crippen molar-refractivity contribution >= 4 is 36.6 Å². The van der Waals surface area contributed by atoms with Gasteiger partial charge in [-0.05, 0) is 32.7 Å². The molecule has 0 bridgehead atoms. The van der Waals surface area contributed by atoms with E-state index < -0.39 is 6.04 Å². The van der Waals surface area contributed by atoms with Crippen LogP contribution < -0.4 is 16.4 Å². The number of carbonyl (C=O) groups excluding carboxylic acids is 2. The lowest BCUT2D eigenvalue weighted by molar-refractivity contribution is -0.127. The van der Waals surface area contributed by atoms with E-state index >= 15 is 0 Å². The number of nitrogens with two attached hydrogens (primary N) is 1. The second kappa shape index (κ2) is 11.0. The van der Waals surface area contributed by atoms with Crippen LogP contribution in [0.15, 0.2) is 0 Å². The lowest BCUT2D eigenvalue weighted by atomic mass is 10.1. The Kier molecular flexibility index (Phi) is 11.9. The van der Waals surface area contributed by atoms with E-state index in [-0.39, 0.29) is 49.1 Å². The number of likely N-dealkylation sites (N-methyl/N-ethyl adjacent to an activating group) is 1. The van der Waals surface area contributed by atoms with Crippen LogP contribution in [0, 0.1) is 5.92 Å². The second-order valence-electron chi connectivity index (χ2n) is 6.04. The van der Waals surface area contributed by atoms with Gasteiger partial charge in [-0.3, -0.25) is 14.5 Å². The predicted molar refractivity (Wildman–Crippen MR) is 93.6 cm³/mol. The quantitative estimate of drug-likeness (QED) is 0.591. The molecular formula is C14H30Cl2N4O2. The molecule has 0 heterocycles. The molecule has 1 aliphatic rings. The monoisotopic (exact) mass is 356 g/mol. The molecule has 1 aliphatic carbocycles. The molecule has 0 aromatic heterocycles. The van der Waals surface area contributed by atoms with Crippen LogP contribution >= 0.6 is 24.8 Å². The molecule has 0 saturated heterocycles. The topological polar surface area (TPSA) is 87.5 Å². The molecule has 1 fully saturated rings. The largest absolute Gasteiger partial charge is 0.353 e. The van der Waals surface area contributed by atoms with Crippen molar-refractivity contribution in [3.63, 3.8) is 0 Å². The van der Waals surface area contributed by atoms with Gasteiger partial charge in [-0.15, -0.1) is 24.8 Å². The Labute approximate surface area is 145 Å². The van der Waals surface area contributed by atoms with Crippen molar-refractivity contribution in [2.24, 2.45) is 11.7 Å². The average Bonchev–Trinajstić information content (AvgIpc) is 3.24. The van der Waals surface area contributed by atoms with Crippen LogP contribution in [-0.4, -0.2) is 55.0 Å². The van der Waals surface area contributed by atoms with Crippen LogP contribution in [0.25, 0.3) is 0 Å². The number of halogens is 2. The van der Waals surface area contributed by atoms with Gasteiger partial charge >= 0.3 is 0 Å². The lowest BCUT2D eigenvalue weighted by Gasteiger charge is -2.24. The van der Waals surface area contributed by atoms with Crippen molar-refractivity contribution in [3.8, 4) is 0 Å². The summed E-state index contributed by atoms with van der Waals surface area (Å²) in [5, 5.41) is 5.40. The fourth-order valence-electron chi connectivity index (χ4n) is 1.90. The highest BCUT2D eigenvalue weighted by Crippen LogP contribution is 2.26. The number of amides is 2. The molecule has 2 atom stereocenters. The minimum absolute atomic E-state index is 0. The Hall–Kier alpha value is -0.560. The van der Waals surface area contributed by atoms with E-state index in [4.69, 9.17) is 5.73 Å². The number of nitrogens with zero attached hydrogens (tertiary/aromatic N) is 1. The molecule has 2 amide bonds. The van der Waals surface area contributed by atoms with Crippen LogP contribution in [0.3, 0.4) is 0 Å². The fourth-order valence-corrected chi connectivity index (χ4v) is 1.90. The van der Waals surface area contributed by atoms with Gasteiger partial charge in [0.05, 0.1) is 12.6 Å². The van der Waals surface area contributed by atoms with E-state index in [9.17, 15) is 9.59 Å². The summed E-state index contributed by atoms with van der Waals surface area (Å²) in [5.74, 6) is -0.395. The highest BCUT2D eigenvalue weighted by molar-refractivity contribution is 5.87. The van der Waals surface area contributed by atoms with Crippen molar-refractivity contribution in [1.29, 1.82) is 0 Å². The van der Waals surface area contributed by atoms with Gasteiger partial charge < -0.3 is 16.4 Å². The van der Waals surface area contributed by atoms with Gasteiger partial charge in [-0.1, -0.05) is 13.8 Å². The summed E-state index contributed by atoms with van der Waals surface area (Å²) in [5.41, 5.74) is 5.70. The van der Waals surface area contributed by atoms with Crippen molar-refractivity contribution < 1.29 is 9.59 Å². The highest BCUT2D eigenvalue weighted by Gasteiger charge is 2.29. The molecule has 1 unspecified atom stereocenters. The summed E-state index contributed by atoms with van der Waals surface area (Å²) in [6, 6.07) is 0.411. The first-order valence-electron chi connectivity index (χ1n) is 7.34. The summed E-state index contributed by atoms with van der Waals surface area (Å²) < 4.78 is 0. The first-order valence-corrected chi connectivity index (χ1v) is 7.34. The predicted octanol–water partition coefficient (Wildman–Crippen LogP) is 0.528. The molecule has 4 N–H and O–H groups in total. The van der Waals surface area contributed by atoms with E-state index in [1.165, 1.54) is 12.8 Å². The second-order valence-corrected chi connectivity index (χ2v) is 6.04. The first-order chi connectivity index (χ1) is 9.32. The smallest absolute Gasteiger partial charge is 0.239 e. The molecule has 22 heavy (non-hydrogen) atoms. The van der Waals surface area contributed by atoms with Gasteiger partial charge in [0.1, 0.15) is 0 Å². The van der Waals surface area contributed by atoms with E-state index in [1.54, 1.807) is 0 Å². The third-order valence-electron chi connectivity index (χ3n) is 3.86. The maximum Gasteiger partial charge on any atom is 0.239 e. The molecule has 0 radical (unpaired) electrons. The summed E-state index contributed by atoms with van der Waals surface area (Å²) in [4.78, 5) is 25.6. The van der Waals surface area contributed by atoms with Crippen molar-refractivity contribution in [1.82, 2.24) is 15.5 Å². The molecule has 6 nitrogen and oxygen atoms in total. The minimum Gasteiger partial charge on any atom is -0.353 e. The Bertz CT molecular complexity index is 352. The first kappa shape index (κ1) is 23.7. The van der Waals surface area contributed by atoms with Crippen LogP contribution in [0.5, 0.6) is 0 Å². The van der Waals surface area contributed by atoms with Crippen molar-refractivity contribution in [2.45, 2.75) is 51.7 Å².